The maximum Gasteiger partial charge on any atom is 0.525 e. The summed E-state index contributed by atoms with van der Waals surface area (Å²) in [5.41, 5.74) is -1.52. The van der Waals surface area contributed by atoms with E-state index in [9.17, 15) is 29.3 Å². The Bertz CT molecular complexity index is 924. The van der Waals surface area contributed by atoms with Gasteiger partial charge in [-0.25, -0.2) is 13.9 Å². The number of hydrogen-bond donors (Lipinski definition) is 5. The molecule has 26 heavy (non-hydrogen) atoms. The molecule has 1 aliphatic heterocycles. The fourth-order valence-electron chi connectivity index (χ4n) is 2.61. The van der Waals surface area contributed by atoms with E-state index in [0.29, 0.717) is 0 Å². The van der Waals surface area contributed by atoms with E-state index in [1.165, 1.54) is 23.3 Å². The van der Waals surface area contributed by atoms with Crippen LogP contribution < -0.4 is 15.8 Å². The van der Waals surface area contributed by atoms with Crippen LogP contribution in [0.3, 0.4) is 0 Å². The van der Waals surface area contributed by atoms with E-state index in [-0.39, 0.29) is 5.69 Å². The molecule has 0 bridgehead atoms. The number of imidazole rings is 1. The van der Waals surface area contributed by atoms with Crippen molar-refractivity contribution in [2.45, 2.75) is 24.4 Å². The van der Waals surface area contributed by atoms with Crippen molar-refractivity contribution in [1.29, 1.82) is 0 Å². The lowest BCUT2D eigenvalue weighted by molar-refractivity contribution is -0.670. The number of hydrogen-bond acceptors (Lipinski definition) is 7. The molecule has 5 atom stereocenters. The molecular formula is C13H18N4O8P+. The summed E-state index contributed by atoms with van der Waals surface area (Å²) in [5, 5.41) is 20.2. The van der Waals surface area contributed by atoms with Gasteiger partial charge >= 0.3 is 13.4 Å². The van der Waals surface area contributed by atoms with E-state index in [2.05, 4.69) is 4.98 Å². The lowest BCUT2D eigenvalue weighted by Crippen LogP contribution is -2.33. The Kier molecular flexibility index (Phi) is 4.97. The number of nitrogens with one attached hydrogen (secondary N) is 2. The highest BCUT2D eigenvalue weighted by molar-refractivity contribution is 7.51. The maximum atomic E-state index is 12.2. The Morgan fingerprint density at radius 3 is 2.69 bits per heavy atom. The topological polar surface area (TPSA) is 171 Å². The minimum Gasteiger partial charge on any atom is -0.387 e. The Morgan fingerprint density at radius 2 is 2.08 bits per heavy atom. The van der Waals surface area contributed by atoms with Gasteiger partial charge in [-0.3, -0.25) is 19.2 Å². The van der Waals surface area contributed by atoms with E-state index < -0.39 is 50.0 Å². The highest BCUT2D eigenvalue weighted by atomic mass is 31.2. The third kappa shape index (κ3) is 3.70. The van der Waals surface area contributed by atoms with Gasteiger partial charge in [-0.2, -0.15) is 0 Å². The predicted molar refractivity (Wildman–Crippen MR) is 84.1 cm³/mol. The minimum atomic E-state index is -4.22. The van der Waals surface area contributed by atoms with Crippen molar-refractivity contribution >= 4 is 7.75 Å². The average molecular weight is 389 g/mol. The molecule has 1 fully saturated rings. The third-order valence-electron chi connectivity index (χ3n) is 3.90. The second-order valence-electron chi connectivity index (χ2n) is 5.86. The van der Waals surface area contributed by atoms with E-state index >= 15 is 0 Å². The molecule has 5 unspecified atom stereocenters. The molecule has 1 aliphatic rings. The van der Waals surface area contributed by atoms with Gasteiger partial charge in [0.15, 0.2) is 0 Å². The summed E-state index contributed by atoms with van der Waals surface area (Å²) in [5.74, 6) is 0. The lowest BCUT2D eigenvalue weighted by atomic mass is 10.1. The number of aliphatic hydroxyl groups excluding tert-OH is 2. The molecule has 0 aromatic carbocycles. The quantitative estimate of drug-likeness (QED) is 0.276. The van der Waals surface area contributed by atoms with Crippen LogP contribution in [0, 0.1) is 0 Å². The van der Waals surface area contributed by atoms with Gasteiger partial charge in [0.1, 0.15) is 36.8 Å². The largest absolute Gasteiger partial charge is 0.525 e. The molecule has 0 spiro atoms. The molecule has 1 saturated heterocycles. The number of H-pyrrole nitrogens is 2. The summed E-state index contributed by atoms with van der Waals surface area (Å²) in [6.45, 7) is -0.502. The van der Waals surface area contributed by atoms with Gasteiger partial charge in [0, 0.05) is 6.07 Å². The molecule has 12 nitrogen and oxygen atoms in total. The van der Waals surface area contributed by atoms with Crippen LogP contribution in [0.5, 0.6) is 0 Å². The Morgan fingerprint density at radius 1 is 1.35 bits per heavy atom. The molecule has 0 radical (unpaired) electrons. The van der Waals surface area contributed by atoms with Crippen molar-refractivity contribution in [1.82, 2.24) is 14.3 Å². The molecular weight excluding hydrogens is 371 g/mol. The van der Waals surface area contributed by atoms with E-state index in [1.807, 2.05) is 4.98 Å². The van der Waals surface area contributed by atoms with Crippen molar-refractivity contribution in [3.63, 3.8) is 0 Å². The van der Waals surface area contributed by atoms with Gasteiger partial charge in [-0.05, 0) is 0 Å². The fraction of sp³-hybridized carbons (Fsp3) is 0.462. The van der Waals surface area contributed by atoms with Gasteiger partial charge < -0.3 is 19.9 Å². The first-order chi connectivity index (χ1) is 12.2. The monoisotopic (exact) mass is 389 g/mol. The van der Waals surface area contributed by atoms with Crippen LogP contribution in [0.1, 0.15) is 11.8 Å². The lowest BCUT2D eigenvalue weighted by Gasteiger charge is -2.15. The van der Waals surface area contributed by atoms with Crippen LogP contribution in [0.4, 0.5) is 0 Å². The first-order valence-electron chi connectivity index (χ1n) is 7.54. The van der Waals surface area contributed by atoms with Gasteiger partial charge in [0.2, 0.25) is 0 Å². The standard InChI is InChI=1S/C13H17N4O8P/c1-16-2-3-17(6-16)26(22,23)24-5-8-10(19)11(20)12(25-8)7-4-9(18)15-13(21)14-7/h2-4,6,8,10-12,19-20H,5H2,1H3,(H2-,14,15,18,21,22,23)/p+1. The Balaban J connectivity index is 1.73. The zero-order chi connectivity index (χ0) is 19.1. The second kappa shape index (κ2) is 6.91. The number of ether oxygens (including phenoxy) is 1. The van der Waals surface area contributed by atoms with E-state index in [1.54, 1.807) is 7.05 Å². The molecule has 0 aliphatic carbocycles. The maximum absolute atomic E-state index is 12.2. The molecule has 142 valence electrons. The normalized spacial score (nSPS) is 28.2. The van der Waals surface area contributed by atoms with Gasteiger partial charge in [0.25, 0.3) is 11.9 Å². The van der Waals surface area contributed by atoms with Crippen LogP contribution in [0.2, 0.25) is 0 Å². The Hall–Kier alpha value is -2.08. The van der Waals surface area contributed by atoms with Crippen LogP contribution in [0.15, 0.2) is 34.4 Å². The molecule has 0 amide bonds. The molecule has 13 heteroatoms. The summed E-state index contributed by atoms with van der Waals surface area (Å²) < 4.78 is 25.1. The number of aromatic amines is 2. The highest BCUT2D eigenvalue weighted by Gasteiger charge is 2.45. The van der Waals surface area contributed by atoms with Crippen LogP contribution in [-0.2, 0) is 20.9 Å². The van der Waals surface area contributed by atoms with Crippen molar-refractivity contribution in [3.05, 3.63) is 51.3 Å². The number of nitrogens with zero attached hydrogens (tertiary/aromatic N) is 2. The fourth-order valence-corrected chi connectivity index (χ4v) is 3.60. The number of aliphatic hydroxyl groups is 2. The van der Waals surface area contributed by atoms with Crippen molar-refractivity contribution in [3.8, 4) is 0 Å². The third-order valence-corrected chi connectivity index (χ3v) is 5.21. The minimum absolute atomic E-state index is 0.0302. The zero-order valence-electron chi connectivity index (χ0n) is 13.6. The molecule has 5 N–H and O–H groups in total. The van der Waals surface area contributed by atoms with Gasteiger partial charge in [-0.15, -0.1) is 4.34 Å². The highest BCUT2D eigenvalue weighted by Crippen LogP contribution is 2.44. The average Bonchev–Trinajstić information content (AvgIpc) is 3.11. The zero-order valence-corrected chi connectivity index (χ0v) is 14.4. The first-order valence-corrected chi connectivity index (χ1v) is 9.07. The van der Waals surface area contributed by atoms with Crippen LogP contribution >= 0.6 is 7.75 Å². The molecule has 2 aromatic heterocycles. The molecule has 3 rings (SSSR count). The summed E-state index contributed by atoms with van der Waals surface area (Å²) in [7, 11) is -2.56. The molecule has 2 aromatic rings. The summed E-state index contributed by atoms with van der Waals surface area (Å²) in [6, 6.07) is 1.02. The van der Waals surface area contributed by atoms with Crippen molar-refractivity contribution in [2.24, 2.45) is 7.05 Å². The number of aromatic nitrogens is 4. The van der Waals surface area contributed by atoms with E-state index in [0.717, 1.165) is 10.4 Å². The molecule has 0 saturated carbocycles. The Labute approximate surface area is 145 Å². The second-order valence-corrected chi connectivity index (χ2v) is 7.57. The van der Waals surface area contributed by atoms with E-state index in [4.69, 9.17) is 9.26 Å². The van der Waals surface area contributed by atoms with Gasteiger partial charge in [-0.1, -0.05) is 0 Å². The summed E-state index contributed by atoms with van der Waals surface area (Å²) >= 11 is 0. The smallest absolute Gasteiger partial charge is 0.387 e. The predicted octanol–water partition coefficient (Wildman–Crippen LogP) is -2.48. The molecule has 3 heterocycles. The van der Waals surface area contributed by atoms with Crippen LogP contribution in [0.25, 0.3) is 0 Å². The summed E-state index contributed by atoms with van der Waals surface area (Å²) in [6.07, 6.45) is -1.06. The SMILES string of the molecule is C[n+]1ccn(P(=O)(O)OCC2OC(c3cc(=O)[nH]c(=O)[nH]3)C(O)C2O)c1. The van der Waals surface area contributed by atoms with Gasteiger partial charge in [0.05, 0.1) is 19.3 Å². The number of aryl methyl sites for hydroxylation is 1. The summed E-state index contributed by atoms with van der Waals surface area (Å²) in [4.78, 5) is 37.0. The van der Waals surface area contributed by atoms with Crippen molar-refractivity contribution < 1.29 is 33.5 Å². The first kappa shape index (κ1) is 18.7. The van der Waals surface area contributed by atoms with Crippen molar-refractivity contribution in [2.75, 3.05) is 6.61 Å². The van der Waals surface area contributed by atoms with Crippen LogP contribution in [-0.4, -0.2) is 54.3 Å². The number of rotatable bonds is 5.